The van der Waals surface area contributed by atoms with Gasteiger partial charge >= 0.3 is 5.97 Å². The van der Waals surface area contributed by atoms with Gasteiger partial charge in [-0.1, -0.05) is 43.3 Å². The number of hydrogen-bond acceptors (Lipinski definition) is 4. The quantitative estimate of drug-likeness (QED) is 0.262. The van der Waals surface area contributed by atoms with Crippen LogP contribution in [0.3, 0.4) is 0 Å². The molecule has 4 aromatic rings. The van der Waals surface area contributed by atoms with Crippen molar-refractivity contribution in [2.24, 2.45) is 0 Å². The van der Waals surface area contributed by atoms with Crippen molar-refractivity contribution >= 4 is 12.0 Å². The van der Waals surface area contributed by atoms with Crippen LogP contribution in [-0.2, 0) is 11.2 Å². The van der Waals surface area contributed by atoms with Crippen LogP contribution in [0.25, 0.3) is 17.2 Å². The van der Waals surface area contributed by atoms with Crippen LogP contribution in [0.4, 0.5) is 4.39 Å². The summed E-state index contributed by atoms with van der Waals surface area (Å²) in [5, 5.41) is 19.5. The molecule has 0 aliphatic rings. The number of aliphatic carboxylic acids is 1. The minimum absolute atomic E-state index is 0.0235. The second-order valence-electron chi connectivity index (χ2n) is 7.73. The maximum atomic E-state index is 13.3. The molecule has 4 aromatic carbocycles. The van der Waals surface area contributed by atoms with Gasteiger partial charge in [0.25, 0.3) is 0 Å². The molecule has 176 valence electrons. The predicted molar refractivity (Wildman–Crippen MR) is 133 cm³/mol. The zero-order valence-electron chi connectivity index (χ0n) is 18.9. The van der Waals surface area contributed by atoms with Crippen molar-refractivity contribution in [1.82, 2.24) is 0 Å². The number of carbonyl (C=O) groups is 1. The van der Waals surface area contributed by atoms with E-state index in [-0.39, 0.29) is 11.6 Å². The van der Waals surface area contributed by atoms with Crippen molar-refractivity contribution in [1.29, 1.82) is 0 Å². The van der Waals surface area contributed by atoms with Gasteiger partial charge in [-0.2, -0.15) is 0 Å². The van der Waals surface area contributed by atoms with E-state index in [9.17, 15) is 14.3 Å². The summed E-state index contributed by atoms with van der Waals surface area (Å²) >= 11 is 0. The molecule has 0 saturated carbocycles. The van der Waals surface area contributed by atoms with Gasteiger partial charge in [-0.25, -0.2) is 9.18 Å². The van der Waals surface area contributed by atoms with E-state index in [0.29, 0.717) is 46.1 Å². The second kappa shape index (κ2) is 10.6. The molecule has 0 aromatic heterocycles. The van der Waals surface area contributed by atoms with Gasteiger partial charge in [-0.3, -0.25) is 0 Å². The Morgan fingerprint density at radius 2 is 1.57 bits per heavy atom. The number of hydrogen-bond donors (Lipinski definition) is 2. The third-order valence-electron chi connectivity index (χ3n) is 5.30. The van der Waals surface area contributed by atoms with Crippen molar-refractivity contribution in [3.05, 3.63) is 108 Å². The molecular formula is C29H23FO5. The molecule has 0 unspecified atom stereocenters. The minimum Gasteiger partial charge on any atom is -0.507 e. The summed E-state index contributed by atoms with van der Waals surface area (Å²) in [5.74, 6) is 0.640. The number of ether oxygens (including phenoxy) is 2. The van der Waals surface area contributed by atoms with Crippen molar-refractivity contribution in [3.63, 3.8) is 0 Å². The van der Waals surface area contributed by atoms with Crippen molar-refractivity contribution in [2.75, 3.05) is 0 Å². The fourth-order valence-electron chi connectivity index (χ4n) is 3.57. The first-order valence-electron chi connectivity index (χ1n) is 11.0. The van der Waals surface area contributed by atoms with E-state index in [2.05, 4.69) is 0 Å². The van der Waals surface area contributed by atoms with Gasteiger partial charge < -0.3 is 19.7 Å². The van der Waals surface area contributed by atoms with Crippen molar-refractivity contribution < 1.29 is 28.9 Å². The standard InChI is InChI=1S/C29H23FO5/c1-2-19-16-25(20-10-13-22(30)14-11-20)26(31)18-28(19)35-24-8-5-7-23(17-24)34-27-9-4-3-6-21(27)12-15-29(32)33/h3-18,31H,2H2,1H3,(H,32,33)/b15-12+. The molecular weight excluding hydrogens is 447 g/mol. The van der Waals surface area contributed by atoms with Gasteiger partial charge in [0.1, 0.15) is 34.6 Å². The van der Waals surface area contributed by atoms with Crippen LogP contribution < -0.4 is 9.47 Å². The molecule has 0 bridgehead atoms. The van der Waals surface area contributed by atoms with E-state index in [4.69, 9.17) is 14.6 Å². The fraction of sp³-hybridized carbons (Fsp3) is 0.0690. The molecule has 0 radical (unpaired) electrons. The monoisotopic (exact) mass is 470 g/mol. The van der Waals surface area contributed by atoms with E-state index < -0.39 is 5.97 Å². The first kappa shape index (κ1) is 23.6. The Kier molecular flexibility index (Phi) is 7.12. The summed E-state index contributed by atoms with van der Waals surface area (Å²) in [6.07, 6.45) is 3.18. The molecule has 5 nitrogen and oxygen atoms in total. The number of phenols is 1. The Morgan fingerprint density at radius 3 is 2.26 bits per heavy atom. The lowest BCUT2D eigenvalue weighted by Gasteiger charge is -2.15. The Bertz CT molecular complexity index is 1380. The third-order valence-corrected chi connectivity index (χ3v) is 5.30. The van der Waals surface area contributed by atoms with E-state index in [1.54, 1.807) is 66.7 Å². The van der Waals surface area contributed by atoms with E-state index in [0.717, 1.165) is 11.6 Å². The highest BCUT2D eigenvalue weighted by Gasteiger charge is 2.13. The predicted octanol–water partition coefficient (Wildman–Crippen LogP) is 7.44. The Hall–Kier alpha value is -4.58. The van der Waals surface area contributed by atoms with Crippen LogP contribution in [0.1, 0.15) is 18.1 Å². The molecule has 35 heavy (non-hydrogen) atoms. The Labute approximate surface area is 202 Å². The average Bonchev–Trinajstić information content (AvgIpc) is 2.84. The number of carboxylic acid groups (broad SMARTS) is 1. The second-order valence-corrected chi connectivity index (χ2v) is 7.73. The molecule has 4 rings (SSSR count). The summed E-state index contributed by atoms with van der Waals surface area (Å²) < 4.78 is 25.4. The van der Waals surface area contributed by atoms with Crippen LogP contribution in [0.2, 0.25) is 0 Å². The summed E-state index contributed by atoms with van der Waals surface area (Å²) in [6.45, 7) is 1.98. The van der Waals surface area contributed by atoms with Gasteiger partial charge in [0, 0.05) is 29.3 Å². The number of benzene rings is 4. The number of rotatable bonds is 8. The summed E-state index contributed by atoms with van der Waals surface area (Å²) in [6, 6.07) is 23.5. The lowest BCUT2D eigenvalue weighted by molar-refractivity contribution is -0.131. The zero-order chi connectivity index (χ0) is 24.8. The van der Waals surface area contributed by atoms with Crippen LogP contribution in [0.15, 0.2) is 91.0 Å². The maximum absolute atomic E-state index is 13.3. The normalized spacial score (nSPS) is 10.9. The molecule has 0 fully saturated rings. The number of phenolic OH excluding ortho intramolecular Hbond substituents is 1. The van der Waals surface area contributed by atoms with Crippen LogP contribution in [0, 0.1) is 5.82 Å². The lowest BCUT2D eigenvalue weighted by atomic mass is 10.00. The largest absolute Gasteiger partial charge is 0.507 e. The molecule has 6 heteroatoms. The lowest BCUT2D eigenvalue weighted by Crippen LogP contribution is -1.94. The first-order valence-corrected chi connectivity index (χ1v) is 11.0. The number of aryl methyl sites for hydroxylation is 1. The molecule has 0 aliphatic heterocycles. The molecule has 2 N–H and O–H groups in total. The van der Waals surface area contributed by atoms with E-state index >= 15 is 0 Å². The van der Waals surface area contributed by atoms with Gasteiger partial charge in [0.15, 0.2) is 0 Å². The highest BCUT2D eigenvalue weighted by atomic mass is 19.1. The van der Waals surface area contributed by atoms with E-state index in [1.165, 1.54) is 18.2 Å². The molecule has 0 heterocycles. The summed E-state index contributed by atoms with van der Waals surface area (Å²) in [4.78, 5) is 10.9. The van der Waals surface area contributed by atoms with Crippen molar-refractivity contribution in [3.8, 4) is 39.9 Å². The first-order chi connectivity index (χ1) is 16.9. The minimum atomic E-state index is -1.05. The third kappa shape index (κ3) is 5.86. The number of aromatic hydroxyl groups is 1. The molecule has 0 spiro atoms. The highest BCUT2D eigenvalue weighted by Crippen LogP contribution is 2.38. The highest BCUT2D eigenvalue weighted by molar-refractivity contribution is 5.86. The summed E-state index contributed by atoms with van der Waals surface area (Å²) in [7, 11) is 0. The average molecular weight is 470 g/mol. The smallest absolute Gasteiger partial charge is 0.328 e. The zero-order valence-corrected chi connectivity index (χ0v) is 18.9. The van der Waals surface area contributed by atoms with Crippen LogP contribution >= 0.6 is 0 Å². The van der Waals surface area contributed by atoms with Crippen LogP contribution in [0.5, 0.6) is 28.7 Å². The molecule has 0 amide bonds. The number of carboxylic acids is 1. The fourth-order valence-corrected chi connectivity index (χ4v) is 3.57. The van der Waals surface area contributed by atoms with Gasteiger partial charge in [-0.05, 0) is 60.0 Å². The van der Waals surface area contributed by atoms with Crippen molar-refractivity contribution in [2.45, 2.75) is 13.3 Å². The summed E-state index contributed by atoms with van der Waals surface area (Å²) in [5.41, 5.74) is 2.79. The topological polar surface area (TPSA) is 76.0 Å². The Morgan fingerprint density at radius 1 is 0.886 bits per heavy atom. The number of halogens is 1. The van der Waals surface area contributed by atoms with Gasteiger partial charge in [-0.15, -0.1) is 0 Å². The number of para-hydroxylation sites is 1. The molecule has 0 saturated heterocycles. The van der Waals surface area contributed by atoms with Gasteiger partial charge in [0.05, 0.1) is 0 Å². The molecule has 0 aliphatic carbocycles. The SMILES string of the molecule is CCc1cc(-c2ccc(F)cc2)c(O)cc1Oc1cccc(Oc2ccccc2/C=C/C(=O)O)c1. The van der Waals surface area contributed by atoms with Crippen LogP contribution in [-0.4, -0.2) is 16.2 Å². The molecule has 0 atom stereocenters. The maximum Gasteiger partial charge on any atom is 0.328 e. The Balaban J connectivity index is 1.59. The van der Waals surface area contributed by atoms with E-state index in [1.807, 2.05) is 13.0 Å². The van der Waals surface area contributed by atoms with Gasteiger partial charge in [0.2, 0.25) is 0 Å².